The van der Waals surface area contributed by atoms with Crippen molar-refractivity contribution in [2.45, 2.75) is 13.0 Å². The van der Waals surface area contributed by atoms with E-state index in [4.69, 9.17) is 10.2 Å². The molecule has 0 saturated carbocycles. The highest BCUT2D eigenvalue weighted by Crippen LogP contribution is 2.29. The van der Waals surface area contributed by atoms with Crippen molar-refractivity contribution in [3.8, 4) is 5.75 Å². The molecule has 1 aromatic heterocycles. The summed E-state index contributed by atoms with van der Waals surface area (Å²) < 4.78 is 5.55. The molecule has 0 aliphatic carbocycles. The Morgan fingerprint density at radius 2 is 2.29 bits per heavy atom. The first-order valence-corrected chi connectivity index (χ1v) is 4.91. The minimum atomic E-state index is -0.374. The molecule has 1 aromatic carbocycles. The third kappa shape index (κ3) is 1.40. The Morgan fingerprint density at radius 1 is 1.57 bits per heavy atom. The molecular formula is C9H9NO3S. The van der Waals surface area contributed by atoms with Crippen molar-refractivity contribution in [1.29, 1.82) is 0 Å². The molecule has 2 rings (SSSR count). The maximum atomic E-state index is 10.9. The zero-order valence-electron chi connectivity index (χ0n) is 7.48. The Kier molecular flexibility index (Phi) is 2.05. The lowest BCUT2D eigenvalue weighted by atomic mass is 10.1. The molecule has 4 nitrogen and oxygen atoms in total. The first-order valence-electron chi connectivity index (χ1n) is 4.10. The molecule has 0 fully saturated rings. The van der Waals surface area contributed by atoms with Gasteiger partial charge in [-0.2, -0.15) is 0 Å². The smallest absolute Gasteiger partial charge is 0.396 e. The molecule has 74 valence electrons. The molecule has 2 aromatic rings. The molecule has 5 heteroatoms. The van der Waals surface area contributed by atoms with Gasteiger partial charge in [-0.15, -0.1) is 0 Å². The van der Waals surface area contributed by atoms with Crippen LogP contribution >= 0.6 is 11.3 Å². The Balaban J connectivity index is 2.76. The molecule has 0 spiro atoms. The van der Waals surface area contributed by atoms with Crippen LogP contribution in [0.5, 0.6) is 5.75 Å². The number of rotatable bonds is 1. The van der Waals surface area contributed by atoms with Crippen LogP contribution < -0.4 is 10.7 Å². The quantitative estimate of drug-likeness (QED) is 0.750. The fourth-order valence-electron chi connectivity index (χ4n) is 1.29. The van der Waals surface area contributed by atoms with Crippen molar-refractivity contribution in [3.63, 3.8) is 0 Å². The molecular weight excluding hydrogens is 202 g/mol. The van der Waals surface area contributed by atoms with Crippen LogP contribution in [-0.4, -0.2) is 5.11 Å². The van der Waals surface area contributed by atoms with Crippen LogP contribution in [0.25, 0.3) is 10.3 Å². The Labute approximate surface area is 83.6 Å². The average molecular weight is 211 g/mol. The van der Waals surface area contributed by atoms with Crippen LogP contribution in [0.4, 0.5) is 0 Å². The van der Waals surface area contributed by atoms with Crippen LogP contribution in [0, 0.1) is 0 Å². The summed E-state index contributed by atoms with van der Waals surface area (Å²) in [6, 6.07) is 2.82. The van der Waals surface area contributed by atoms with Crippen LogP contribution in [0.3, 0.4) is 0 Å². The second-order valence-electron chi connectivity index (χ2n) is 3.10. The highest BCUT2D eigenvalue weighted by molar-refractivity contribution is 7.16. The SMILES string of the molecule is CC(N)c1cc2oc(=O)sc2cc1O. The van der Waals surface area contributed by atoms with Gasteiger partial charge in [-0.05, 0) is 13.0 Å². The summed E-state index contributed by atoms with van der Waals surface area (Å²) in [5.74, 6) is 0.101. The lowest BCUT2D eigenvalue weighted by Crippen LogP contribution is -2.04. The van der Waals surface area contributed by atoms with E-state index in [0.717, 1.165) is 11.3 Å². The summed E-state index contributed by atoms with van der Waals surface area (Å²) in [6.45, 7) is 1.76. The van der Waals surface area contributed by atoms with E-state index in [0.29, 0.717) is 15.8 Å². The van der Waals surface area contributed by atoms with Crippen LogP contribution in [0.15, 0.2) is 21.3 Å². The zero-order valence-corrected chi connectivity index (χ0v) is 8.30. The molecule has 0 saturated heterocycles. The van der Waals surface area contributed by atoms with Crippen molar-refractivity contribution in [2.75, 3.05) is 0 Å². The number of hydrogen-bond donors (Lipinski definition) is 2. The predicted molar refractivity (Wildman–Crippen MR) is 54.6 cm³/mol. The Hall–Kier alpha value is -1.33. The van der Waals surface area contributed by atoms with Gasteiger partial charge in [0.25, 0.3) is 0 Å². The number of hydrogen-bond acceptors (Lipinski definition) is 5. The van der Waals surface area contributed by atoms with Crippen molar-refractivity contribution in [3.05, 3.63) is 27.4 Å². The number of phenolic OH excluding ortho intramolecular Hbond substituents is 1. The fraction of sp³-hybridized carbons (Fsp3) is 0.222. The van der Waals surface area contributed by atoms with Crippen LogP contribution in [-0.2, 0) is 0 Å². The van der Waals surface area contributed by atoms with Gasteiger partial charge in [0.05, 0.1) is 4.70 Å². The fourth-order valence-corrected chi connectivity index (χ4v) is 1.97. The molecule has 3 N–H and O–H groups in total. The topological polar surface area (TPSA) is 76.5 Å². The summed E-state index contributed by atoms with van der Waals surface area (Å²) in [6.07, 6.45) is 0. The van der Waals surface area contributed by atoms with Crippen molar-refractivity contribution in [2.24, 2.45) is 5.73 Å². The maximum Gasteiger partial charge on any atom is 0.396 e. The number of benzene rings is 1. The summed E-state index contributed by atoms with van der Waals surface area (Å²) in [7, 11) is 0. The summed E-state index contributed by atoms with van der Waals surface area (Å²) >= 11 is 0.964. The first-order chi connectivity index (χ1) is 6.58. The molecule has 0 radical (unpaired) electrons. The third-order valence-electron chi connectivity index (χ3n) is 1.97. The van der Waals surface area contributed by atoms with Crippen molar-refractivity contribution < 1.29 is 9.52 Å². The van der Waals surface area contributed by atoms with E-state index < -0.39 is 0 Å². The standard InChI is InChI=1S/C9H9NO3S/c1-4(10)5-2-7-8(3-6(5)11)14-9(12)13-7/h2-4,11H,10H2,1H3. The molecule has 0 aliphatic heterocycles. The van der Waals surface area contributed by atoms with Gasteiger partial charge < -0.3 is 15.3 Å². The number of aromatic hydroxyl groups is 1. The van der Waals surface area contributed by atoms with E-state index in [1.807, 2.05) is 0 Å². The van der Waals surface area contributed by atoms with Gasteiger partial charge in [0, 0.05) is 17.7 Å². The Morgan fingerprint density at radius 3 is 2.93 bits per heavy atom. The lowest BCUT2D eigenvalue weighted by Gasteiger charge is -2.06. The number of fused-ring (bicyclic) bond motifs is 1. The minimum Gasteiger partial charge on any atom is -0.508 e. The maximum absolute atomic E-state index is 10.9. The van der Waals surface area contributed by atoms with Gasteiger partial charge in [0.2, 0.25) is 0 Å². The summed E-state index contributed by atoms with van der Waals surface area (Å²) in [5, 5.41) is 9.57. The third-order valence-corrected chi connectivity index (χ3v) is 2.76. The second kappa shape index (κ2) is 3.11. The first kappa shape index (κ1) is 9.23. The van der Waals surface area contributed by atoms with Crippen LogP contribution in [0.2, 0.25) is 0 Å². The normalized spacial score (nSPS) is 13.3. The highest BCUT2D eigenvalue weighted by atomic mass is 32.1. The molecule has 1 heterocycles. The van der Waals surface area contributed by atoms with Gasteiger partial charge in [-0.25, -0.2) is 4.79 Å². The number of phenols is 1. The molecule has 1 unspecified atom stereocenters. The molecule has 1 atom stereocenters. The van der Waals surface area contributed by atoms with Crippen molar-refractivity contribution >= 4 is 21.6 Å². The molecule has 14 heavy (non-hydrogen) atoms. The van der Waals surface area contributed by atoms with E-state index in [1.165, 1.54) is 6.07 Å². The van der Waals surface area contributed by atoms with E-state index in [-0.39, 0.29) is 16.7 Å². The Bertz CT molecular complexity index is 526. The minimum absolute atomic E-state index is 0.101. The highest BCUT2D eigenvalue weighted by Gasteiger charge is 2.11. The van der Waals surface area contributed by atoms with Crippen molar-refractivity contribution in [1.82, 2.24) is 0 Å². The number of nitrogens with two attached hydrogens (primary N) is 1. The second-order valence-corrected chi connectivity index (χ2v) is 4.08. The van der Waals surface area contributed by atoms with Gasteiger partial charge >= 0.3 is 4.94 Å². The van der Waals surface area contributed by atoms with Gasteiger partial charge in [-0.3, -0.25) is 0 Å². The van der Waals surface area contributed by atoms with E-state index in [9.17, 15) is 9.90 Å². The molecule has 0 aliphatic rings. The van der Waals surface area contributed by atoms with Gasteiger partial charge in [-0.1, -0.05) is 11.3 Å². The largest absolute Gasteiger partial charge is 0.508 e. The monoisotopic (exact) mass is 211 g/mol. The lowest BCUT2D eigenvalue weighted by molar-refractivity contribution is 0.464. The molecule has 0 amide bonds. The zero-order chi connectivity index (χ0) is 10.3. The summed E-state index contributed by atoms with van der Waals surface area (Å²) in [4.78, 5) is 10.5. The van der Waals surface area contributed by atoms with Gasteiger partial charge in [0.1, 0.15) is 11.3 Å². The van der Waals surface area contributed by atoms with Gasteiger partial charge in [0.15, 0.2) is 0 Å². The molecule has 0 bridgehead atoms. The van der Waals surface area contributed by atoms with E-state index in [2.05, 4.69) is 0 Å². The average Bonchev–Trinajstić information content (AvgIpc) is 2.42. The van der Waals surface area contributed by atoms with E-state index >= 15 is 0 Å². The predicted octanol–water partition coefficient (Wildman–Crippen LogP) is 1.58. The van der Waals surface area contributed by atoms with E-state index in [1.54, 1.807) is 13.0 Å². The summed E-state index contributed by atoms with van der Waals surface area (Å²) in [5.41, 5.74) is 6.70. The van der Waals surface area contributed by atoms with Crippen LogP contribution in [0.1, 0.15) is 18.5 Å².